The van der Waals surface area contributed by atoms with Gasteiger partial charge in [0.1, 0.15) is 11.6 Å². The Morgan fingerprint density at radius 2 is 2.14 bits per heavy atom. The Labute approximate surface area is 124 Å². The van der Waals surface area contributed by atoms with E-state index >= 15 is 0 Å². The third-order valence-corrected chi connectivity index (χ3v) is 3.59. The molecule has 108 valence electrons. The van der Waals surface area contributed by atoms with Crippen molar-refractivity contribution in [2.45, 2.75) is 6.92 Å². The van der Waals surface area contributed by atoms with Gasteiger partial charge in [-0.3, -0.25) is 4.79 Å². The van der Waals surface area contributed by atoms with Gasteiger partial charge in [-0.25, -0.2) is 0 Å². The van der Waals surface area contributed by atoms with Crippen molar-refractivity contribution in [3.05, 3.63) is 45.9 Å². The molecule has 0 radical (unpaired) electrons. The highest BCUT2D eigenvalue weighted by atomic mass is 16.7. The smallest absolute Gasteiger partial charge is 0.274 e. The molecule has 2 aromatic heterocycles. The van der Waals surface area contributed by atoms with E-state index in [0.29, 0.717) is 34.1 Å². The lowest BCUT2D eigenvalue weighted by atomic mass is 10.1. The third-order valence-electron chi connectivity index (χ3n) is 3.59. The summed E-state index contributed by atoms with van der Waals surface area (Å²) in [5.41, 5.74) is 2.32. The summed E-state index contributed by atoms with van der Waals surface area (Å²) in [6, 6.07) is 8.91. The highest BCUT2D eigenvalue weighted by molar-refractivity contribution is 5.68. The maximum absolute atomic E-state index is 12.2. The molecule has 22 heavy (non-hydrogen) atoms. The van der Waals surface area contributed by atoms with Crippen LogP contribution >= 0.6 is 0 Å². The van der Waals surface area contributed by atoms with Crippen LogP contribution in [0.25, 0.3) is 16.9 Å². The summed E-state index contributed by atoms with van der Waals surface area (Å²) in [7, 11) is 0. The maximum atomic E-state index is 12.2. The van der Waals surface area contributed by atoms with Crippen LogP contribution in [-0.4, -0.2) is 21.4 Å². The van der Waals surface area contributed by atoms with Gasteiger partial charge in [0, 0.05) is 11.6 Å². The molecule has 0 aliphatic carbocycles. The van der Waals surface area contributed by atoms with Gasteiger partial charge >= 0.3 is 0 Å². The van der Waals surface area contributed by atoms with Gasteiger partial charge in [0.25, 0.3) is 5.56 Å². The fourth-order valence-corrected chi connectivity index (χ4v) is 2.50. The van der Waals surface area contributed by atoms with Gasteiger partial charge in [-0.2, -0.15) is 14.9 Å². The van der Waals surface area contributed by atoms with Crippen LogP contribution in [0, 0.1) is 18.3 Å². The molecule has 0 atom stereocenters. The maximum Gasteiger partial charge on any atom is 0.274 e. The number of aryl methyl sites for hydroxylation is 1. The molecule has 0 bridgehead atoms. The van der Waals surface area contributed by atoms with Gasteiger partial charge < -0.3 is 14.5 Å². The highest BCUT2D eigenvalue weighted by Crippen LogP contribution is 2.35. The van der Waals surface area contributed by atoms with Crippen molar-refractivity contribution >= 4 is 5.65 Å². The van der Waals surface area contributed by atoms with Gasteiger partial charge in [-0.15, -0.1) is 0 Å². The number of rotatable bonds is 1. The second-order valence-electron chi connectivity index (χ2n) is 4.92. The normalized spacial score (nSPS) is 12.5. The summed E-state index contributed by atoms with van der Waals surface area (Å²) in [4.78, 5) is 15.3. The number of aromatic nitrogens is 3. The Kier molecular flexibility index (Phi) is 2.47. The van der Waals surface area contributed by atoms with Gasteiger partial charge in [0.15, 0.2) is 17.1 Å². The zero-order valence-electron chi connectivity index (χ0n) is 11.6. The van der Waals surface area contributed by atoms with E-state index in [-0.39, 0.29) is 12.4 Å². The molecule has 0 saturated carbocycles. The summed E-state index contributed by atoms with van der Waals surface area (Å²) in [6.07, 6.45) is 0. The number of aromatic amines is 1. The molecule has 1 N–H and O–H groups in total. The summed E-state index contributed by atoms with van der Waals surface area (Å²) >= 11 is 0. The number of H-pyrrole nitrogens is 1. The Balaban J connectivity index is 1.96. The van der Waals surface area contributed by atoms with Crippen molar-refractivity contribution in [1.29, 1.82) is 5.26 Å². The van der Waals surface area contributed by atoms with Crippen LogP contribution in [0.5, 0.6) is 11.5 Å². The number of nitrogens with zero attached hydrogens (tertiary/aromatic N) is 3. The number of nitrogens with one attached hydrogen (secondary N) is 1. The SMILES string of the molecule is Cc1nn2c(=O)cc(-c3ccc4c(c3)OCO4)[nH]c2c1C#N. The largest absolute Gasteiger partial charge is 0.454 e. The van der Waals surface area contributed by atoms with Crippen LogP contribution in [0.1, 0.15) is 11.3 Å². The first kappa shape index (κ1) is 12.5. The Bertz CT molecular complexity index is 1010. The third kappa shape index (κ3) is 1.67. The molecule has 4 rings (SSSR count). The number of fused-ring (bicyclic) bond motifs is 2. The average molecular weight is 294 g/mol. The minimum atomic E-state index is -0.300. The van der Waals surface area contributed by atoms with Crippen LogP contribution in [0.3, 0.4) is 0 Å². The topological polar surface area (TPSA) is 92.4 Å². The van der Waals surface area contributed by atoms with E-state index in [1.54, 1.807) is 19.1 Å². The summed E-state index contributed by atoms with van der Waals surface area (Å²) in [6.45, 7) is 1.88. The van der Waals surface area contributed by atoms with Gasteiger partial charge in [-0.05, 0) is 25.1 Å². The first-order valence-electron chi connectivity index (χ1n) is 6.60. The first-order valence-corrected chi connectivity index (χ1v) is 6.60. The Hall–Kier alpha value is -3.27. The quantitative estimate of drug-likeness (QED) is 0.736. The molecule has 3 aromatic rings. The van der Waals surface area contributed by atoms with Gasteiger partial charge in [0.05, 0.1) is 11.4 Å². The minimum Gasteiger partial charge on any atom is -0.454 e. The summed E-state index contributed by atoms with van der Waals surface area (Å²) < 4.78 is 11.8. The second kappa shape index (κ2) is 4.36. The highest BCUT2D eigenvalue weighted by Gasteiger charge is 2.16. The van der Waals surface area contributed by atoms with Crippen molar-refractivity contribution in [2.75, 3.05) is 6.79 Å². The van der Waals surface area contributed by atoms with Crippen LogP contribution in [0.2, 0.25) is 0 Å². The molecular weight excluding hydrogens is 284 g/mol. The summed E-state index contributed by atoms with van der Waals surface area (Å²) in [5, 5.41) is 13.3. The molecule has 1 aliphatic heterocycles. The first-order chi connectivity index (χ1) is 10.7. The zero-order valence-corrected chi connectivity index (χ0v) is 11.6. The van der Waals surface area contributed by atoms with Crippen LogP contribution in [-0.2, 0) is 0 Å². The molecule has 0 unspecified atom stereocenters. The molecule has 0 saturated heterocycles. The second-order valence-corrected chi connectivity index (χ2v) is 4.92. The fourth-order valence-electron chi connectivity index (χ4n) is 2.50. The molecule has 1 aliphatic rings. The van der Waals surface area contributed by atoms with E-state index in [1.807, 2.05) is 6.07 Å². The average Bonchev–Trinajstić information content (AvgIpc) is 3.10. The number of benzene rings is 1. The van der Waals surface area contributed by atoms with Crippen LogP contribution < -0.4 is 15.0 Å². The van der Waals surface area contributed by atoms with Crippen LogP contribution in [0.15, 0.2) is 29.1 Å². The monoisotopic (exact) mass is 294 g/mol. The van der Waals surface area contributed by atoms with Crippen molar-refractivity contribution in [2.24, 2.45) is 0 Å². The molecule has 1 aromatic carbocycles. The Morgan fingerprint density at radius 3 is 2.95 bits per heavy atom. The molecule has 0 spiro atoms. The number of hydrogen-bond acceptors (Lipinski definition) is 5. The predicted octanol–water partition coefficient (Wildman–Crippen LogP) is 1.60. The molecule has 0 amide bonds. The molecule has 3 heterocycles. The molecule has 7 nitrogen and oxygen atoms in total. The summed E-state index contributed by atoms with van der Waals surface area (Å²) in [5.74, 6) is 1.30. The van der Waals surface area contributed by atoms with Crippen LogP contribution in [0.4, 0.5) is 0 Å². The van der Waals surface area contributed by atoms with Crippen molar-refractivity contribution in [3.8, 4) is 28.8 Å². The van der Waals surface area contributed by atoms with Crippen molar-refractivity contribution in [3.63, 3.8) is 0 Å². The predicted molar refractivity (Wildman–Crippen MR) is 76.8 cm³/mol. The standard InChI is InChI=1S/C15H10N4O3/c1-8-10(6-16)15-17-11(5-14(20)19(15)18-8)9-2-3-12-13(4-9)22-7-21-12/h2-5,17H,7H2,1H3. The lowest BCUT2D eigenvalue weighted by Crippen LogP contribution is -2.14. The molecule has 7 heteroatoms. The van der Waals surface area contributed by atoms with Gasteiger partial charge in [-0.1, -0.05) is 0 Å². The number of hydrogen-bond donors (Lipinski definition) is 1. The van der Waals surface area contributed by atoms with E-state index in [1.165, 1.54) is 10.6 Å². The van der Waals surface area contributed by atoms with Gasteiger partial charge in [0.2, 0.25) is 6.79 Å². The minimum absolute atomic E-state index is 0.189. The van der Waals surface area contributed by atoms with E-state index in [0.717, 1.165) is 5.56 Å². The lowest BCUT2D eigenvalue weighted by molar-refractivity contribution is 0.174. The van der Waals surface area contributed by atoms with Crippen molar-refractivity contribution in [1.82, 2.24) is 14.6 Å². The zero-order chi connectivity index (χ0) is 15.3. The molecular formula is C15H10N4O3. The Morgan fingerprint density at radius 1 is 1.32 bits per heavy atom. The molecule has 0 fully saturated rings. The van der Waals surface area contributed by atoms with E-state index < -0.39 is 0 Å². The van der Waals surface area contributed by atoms with E-state index in [9.17, 15) is 10.1 Å². The lowest BCUT2D eigenvalue weighted by Gasteiger charge is -2.04. The van der Waals surface area contributed by atoms with Crippen molar-refractivity contribution < 1.29 is 9.47 Å². The number of ether oxygens (including phenoxy) is 2. The van der Waals surface area contributed by atoms with E-state index in [2.05, 4.69) is 16.2 Å². The number of nitriles is 1. The fraction of sp³-hybridized carbons (Fsp3) is 0.133. The van der Waals surface area contributed by atoms with E-state index in [4.69, 9.17) is 9.47 Å².